The van der Waals surface area contributed by atoms with Gasteiger partial charge in [-0.3, -0.25) is 9.69 Å². The molecule has 1 saturated heterocycles. The van der Waals surface area contributed by atoms with Gasteiger partial charge in [-0.05, 0) is 13.5 Å². The molecule has 13 heavy (non-hydrogen) atoms. The summed E-state index contributed by atoms with van der Waals surface area (Å²) in [6, 6.07) is -0.236. The van der Waals surface area contributed by atoms with Crippen molar-refractivity contribution in [2.75, 3.05) is 19.7 Å². The molecule has 4 nitrogen and oxygen atoms in total. The predicted octanol–water partition coefficient (Wildman–Crippen LogP) is 0.00460. The van der Waals surface area contributed by atoms with E-state index in [0.717, 1.165) is 6.54 Å². The van der Waals surface area contributed by atoms with Gasteiger partial charge in [-0.25, -0.2) is 0 Å². The third kappa shape index (κ3) is 2.42. The Morgan fingerprint density at radius 1 is 1.62 bits per heavy atom. The van der Waals surface area contributed by atoms with Crippen molar-refractivity contribution in [3.05, 3.63) is 0 Å². The number of rotatable bonds is 3. The van der Waals surface area contributed by atoms with E-state index in [1.54, 1.807) is 6.92 Å². The van der Waals surface area contributed by atoms with E-state index in [1.807, 2.05) is 11.8 Å². The lowest BCUT2D eigenvalue weighted by Gasteiger charge is -2.19. The van der Waals surface area contributed by atoms with Crippen molar-refractivity contribution in [2.45, 2.75) is 32.4 Å². The number of β-amino-alcohol motifs (C(OH)–C–C–N with tert-alkyl or cyclic N) is 1. The van der Waals surface area contributed by atoms with Crippen LogP contribution in [-0.4, -0.2) is 47.8 Å². The van der Waals surface area contributed by atoms with E-state index in [2.05, 4.69) is 0 Å². The lowest BCUT2D eigenvalue weighted by Crippen LogP contribution is -2.37. The van der Waals surface area contributed by atoms with Gasteiger partial charge in [0.25, 0.3) is 0 Å². The van der Waals surface area contributed by atoms with Crippen LogP contribution in [-0.2, 0) is 9.53 Å². The second-order valence-electron chi connectivity index (χ2n) is 3.24. The van der Waals surface area contributed by atoms with E-state index in [4.69, 9.17) is 4.74 Å². The molecule has 0 spiro atoms. The topological polar surface area (TPSA) is 49.8 Å². The molecule has 0 bridgehead atoms. The minimum absolute atomic E-state index is 0.207. The second-order valence-corrected chi connectivity index (χ2v) is 3.24. The van der Waals surface area contributed by atoms with E-state index in [1.165, 1.54) is 0 Å². The zero-order chi connectivity index (χ0) is 9.84. The molecule has 0 unspecified atom stereocenters. The van der Waals surface area contributed by atoms with Crippen molar-refractivity contribution in [1.82, 2.24) is 4.90 Å². The van der Waals surface area contributed by atoms with E-state index in [-0.39, 0.29) is 18.1 Å². The minimum atomic E-state index is -0.380. The number of nitrogens with zero attached hydrogens (tertiary/aromatic N) is 1. The number of likely N-dealkylation sites (N-methyl/N-ethyl adjacent to an activating group) is 1. The van der Waals surface area contributed by atoms with Crippen molar-refractivity contribution in [1.29, 1.82) is 0 Å². The second kappa shape index (κ2) is 4.58. The lowest BCUT2D eigenvalue weighted by molar-refractivity contribution is -0.148. The molecule has 0 aromatic rings. The Hall–Kier alpha value is -0.610. The average Bonchev–Trinajstić information content (AvgIpc) is 2.47. The van der Waals surface area contributed by atoms with Crippen LogP contribution in [0.2, 0.25) is 0 Å². The Kier molecular flexibility index (Phi) is 3.69. The molecule has 0 aromatic heterocycles. The maximum atomic E-state index is 11.4. The van der Waals surface area contributed by atoms with E-state index < -0.39 is 0 Å². The highest BCUT2D eigenvalue weighted by atomic mass is 16.5. The summed E-state index contributed by atoms with van der Waals surface area (Å²) < 4.78 is 4.91. The van der Waals surface area contributed by atoms with Gasteiger partial charge in [0.1, 0.15) is 6.04 Å². The molecule has 0 aromatic carbocycles. The van der Waals surface area contributed by atoms with Crippen molar-refractivity contribution >= 4 is 5.97 Å². The van der Waals surface area contributed by atoms with Gasteiger partial charge >= 0.3 is 5.97 Å². The van der Waals surface area contributed by atoms with Crippen LogP contribution in [0.4, 0.5) is 0 Å². The molecule has 1 rings (SSSR count). The van der Waals surface area contributed by atoms with Crippen molar-refractivity contribution in [3.63, 3.8) is 0 Å². The van der Waals surface area contributed by atoms with Gasteiger partial charge in [0.15, 0.2) is 0 Å². The van der Waals surface area contributed by atoms with Crippen LogP contribution in [0.15, 0.2) is 0 Å². The van der Waals surface area contributed by atoms with E-state index in [9.17, 15) is 9.90 Å². The normalized spacial score (nSPS) is 29.2. The molecule has 0 radical (unpaired) electrons. The van der Waals surface area contributed by atoms with Crippen LogP contribution in [0, 0.1) is 0 Å². The first-order valence-electron chi connectivity index (χ1n) is 4.77. The SMILES string of the molecule is CCOC(=O)[C@@H]1C[C@H](O)CN1CC. The van der Waals surface area contributed by atoms with Crippen LogP contribution in [0.3, 0.4) is 0 Å². The van der Waals surface area contributed by atoms with Crippen LogP contribution in [0.5, 0.6) is 0 Å². The molecular formula is C9H17NO3. The summed E-state index contributed by atoms with van der Waals surface area (Å²) in [5.74, 6) is -0.207. The molecule has 0 saturated carbocycles. The van der Waals surface area contributed by atoms with Gasteiger partial charge in [0.2, 0.25) is 0 Å². The van der Waals surface area contributed by atoms with Crippen LogP contribution in [0.1, 0.15) is 20.3 Å². The lowest BCUT2D eigenvalue weighted by atomic mass is 10.2. The van der Waals surface area contributed by atoms with E-state index in [0.29, 0.717) is 19.6 Å². The molecule has 1 heterocycles. The van der Waals surface area contributed by atoms with Gasteiger partial charge in [0, 0.05) is 13.0 Å². The number of likely N-dealkylation sites (tertiary alicyclic amines) is 1. The van der Waals surface area contributed by atoms with Crippen molar-refractivity contribution < 1.29 is 14.6 Å². The minimum Gasteiger partial charge on any atom is -0.465 e. The average molecular weight is 187 g/mol. The molecule has 1 aliphatic heterocycles. The Morgan fingerprint density at radius 3 is 2.85 bits per heavy atom. The summed E-state index contributed by atoms with van der Waals surface area (Å²) in [5.41, 5.74) is 0. The number of aliphatic hydroxyl groups excluding tert-OH is 1. The Bertz CT molecular complexity index is 184. The fourth-order valence-corrected chi connectivity index (χ4v) is 1.71. The molecule has 1 N–H and O–H groups in total. The highest BCUT2D eigenvalue weighted by Gasteiger charge is 2.35. The number of aliphatic hydroxyl groups is 1. The summed E-state index contributed by atoms with van der Waals surface area (Å²) in [4.78, 5) is 13.3. The molecule has 4 heteroatoms. The van der Waals surface area contributed by atoms with Gasteiger partial charge in [-0.15, -0.1) is 0 Å². The van der Waals surface area contributed by atoms with Crippen LogP contribution < -0.4 is 0 Å². The molecule has 2 atom stereocenters. The van der Waals surface area contributed by atoms with E-state index >= 15 is 0 Å². The molecule has 0 amide bonds. The highest BCUT2D eigenvalue weighted by molar-refractivity contribution is 5.76. The van der Waals surface area contributed by atoms with Crippen molar-refractivity contribution in [2.24, 2.45) is 0 Å². The van der Waals surface area contributed by atoms with Gasteiger partial charge in [-0.2, -0.15) is 0 Å². The first-order chi connectivity index (χ1) is 6.19. The number of hydrogen-bond acceptors (Lipinski definition) is 4. The summed E-state index contributed by atoms with van der Waals surface area (Å²) in [7, 11) is 0. The van der Waals surface area contributed by atoms with Crippen molar-refractivity contribution in [3.8, 4) is 0 Å². The molecule has 76 valence electrons. The number of carbonyl (C=O) groups excluding carboxylic acids is 1. The molecule has 0 aliphatic carbocycles. The Balaban J connectivity index is 2.52. The number of carbonyl (C=O) groups is 1. The standard InChI is InChI=1S/C9H17NO3/c1-3-10-6-7(11)5-8(10)9(12)13-4-2/h7-8,11H,3-6H2,1-2H3/t7-,8-/m0/s1. The first-order valence-corrected chi connectivity index (χ1v) is 4.77. The maximum absolute atomic E-state index is 11.4. The zero-order valence-electron chi connectivity index (χ0n) is 8.19. The van der Waals surface area contributed by atoms with Crippen LogP contribution in [0.25, 0.3) is 0 Å². The first kappa shape index (κ1) is 10.5. The number of hydrogen-bond donors (Lipinski definition) is 1. The number of esters is 1. The van der Waals surface area contributed by atoms with Gasteiger partial charge in [0.05, 0.1) is 12.7 Å². The maximum Gasteiger partial charge on any atom is 0.323 e. The molecular weight excluding hydrogens is 170 g/mol. The summed E-state index contributed by atoms with van der Waals surface area (Å²) in [6.45, 7) is 5.54. The smallest absolute Gasteiger partial charge is 0.323 e. The highest BCUT2D eigenvalue weighted by Crippen LogP contribution is 2.18. The zero-order valence-corrected chi connectivity index (χ0v) is 8.19. The Labute approximate surface area is 78.5 Å². The fraction of sp³-hybridized carbons (Fsp3) is 0.889. The summed E-state index contributed by atoms with van der Waals surface area (Å²) in [5, 5.41) is 9.37. The molecule has 1 aliphatic rings. The van der Waals surface area contributed by atoms with Crippen LogP contribution >= 0.6 is 0 Å². The molecule has 1 fully saturated rings. The fourth-order valence-electron chi connectivity index (χ4n) is 1.71. The monoisotopic (exact) mass is 187 g/mol. The van der Waals surface area contributed by atoms with Gasteiger partial charge in [-0.1, -0.05) is 6.92 Å². The number of ether oxygens (including phenoxy) is 1. The Morgan fingerprint density at radius 2 is 2.31 bits per heavy atom. The quantitative estimate of drug-likeness (QED) is 0.632. The third-order valence-electron chi connectivity index (χ3n) is 2.35. The summed E-state index contributed by atoms with van der Waals surface area (Å²) in [6.07, 6.45) is 0.126. The van der Waals surface area contributed by atoms with Gasteiger partial charge < -0.3 is 9.84 Å². The largest absolute Gasteiger partial charge is 0.465 e. The third-order valence-corrected chi connectivity index (χ3v) is 2.35. The predicted molar refractivity (Wildman–Crippen MR) is 48.3 cm³/mol. The summed E-state index contributed by atoms with van der Waals surface area (Å²) >= 11 is 0.